The van der Waals surface area contributed by atoms with E-state index in [1.165, 1.54) is 11.1 Å². The molecule has 1 amide bonds. The summed E-state index contributed by atoms with van der Waals surface area (Å²) in [6.07, 6.45) is 8.93. The van der Waals surface area contributed by atoms with Gasteiger partial charge in [-0.25, -0.2) is 4.39 Å². The predicted molar refractivity (Wildman–Crippen MR) is 181 cm³/mol. The molecule has 3 heterocycles. The van der Waals surface area contributed by atoms with Gasteiger partial charge < -0.3 is 24.6 Å². The summed E-state index contributed by atoms with van der Waals surface area (Å²) in [5, 5.41) is 10.5. The summed E-state index contributed by atoms with van der Waals surface area (Å²) >= 11 is 0. The molecule has 1 aromatic heterocycles. The molecule has 2 aliphatic rings. The molecular weight excluding hydrogens is 601 g/mol. The molecule has 10 heteroatoms. The van der Waals surface area contributed by atoms with E-state index < -0.39 is 5.97 Å². The highest BCUT2D eigenvalue weighted by molar-refractivity contribution is 5.78. The van der Waals surface area contributed by atoms with Gasteiger partial charge in [0.15, 0.2) is 11.5 Å². The molecule has 3 aromatic rings. The first-order chi connectivity index (χ1) is 22.6. The van der Waals surface area contributed by atoms with E-state index in [0.717, 1.165) is 82.0 Å². The number of aliphatic carboxylic acids is 1. The van der Waals surface area contributed by atoms with Crippen LogP contribution in [-0.2, 0) is 22.4 Å². The number of hydrogen-bond donors (Lipinski definition) is 2. The van der Waals surface area contributed by atoms with Gasteiger partial charge >= 0.3 is 0 Å². The van der Waals surface area contributed by atoms with Crippen LogP contribution < -0.4 is 19.5 Å². The number of halogens is 1. The fourth-order valence-electron chi connectivity index (χ4n) is 5.76. The van der Waals surface area contributed by atoms with Crippen molar-refractivity contribution >= 4 is 11.9 Å². The molecule has 9 nitrogen and oxygen atoms in total. The highest BCUT2D eigenvalue weighted by Gasteiger charge is 2.35. The number of carbonyl (C=O) groups excluding carboxylic acids is 1. The van der Waals surface area contributed by atoms with Crippen molar-refractivity contribution in [1.82, 2.24) is 15.2 Å². The number of carbonyl (C=O) groups is 2. The largest absolute Gasteiger partial charge is 0.493 e. The zero-order valence-corrected chi connectivity index (χ0v) is 28.4. The number of ether oxygens (including phenoxy) is 3. The second-order valence-corrected chi connectivity index (χ2v) is 11.9. The maximum Gasteiger partial charge on any atom is 0.300 e. The Balaban J connectivity index is 0.000000332. The van der Waals surface area contributed by atoms with Crippen molar-refractivity contribution in [3.63, 3.8) is 0 Å². The SMILES string of the molecule is CC(=O)O.CCCCNC(=O)CN1CC(c2cc(OC)c3c(c2)OCO3)CC1CCc1ccccn1.CCCc1ccc(F)c(C)c1. The van der Waals surface area contributed by atoms with Gasteiger partial charge in [-0.3, -0.25) is 19.5 Å². The van der Waals surface area contributed by atoms with E-state index in [-0.39, 0.29) is 18.5 Å². The summed E-state index contributed by atoms with van der Waals surface area (Å²) in [5.74, 6) is 1.58. The Bertz CT molecular complexity index is 1420. The van der Waals surface area contributed by atoms with Crippen molar-refractivity contribution in [1.29, 1.82) is 0 Å². The molecule has 256 valence electrons. The molecule has 2 unspecified atom stereocenters. The maximum absolute atomic E-state index is 12.7. The van der Waals surface area contributed by atoms with Crippen molar-refractivity contribution in [2.24, 2.45) is 0 Å². The lowest BCUT2D eigenvalue weighted by atomic mass is 9.94. The van der Waals surface area contributed by atoms with Gasteiger partial charge in [0.1, 0.15) is 5.82 Å². The standard InChI is InChI=1S/C25H33N3O4.C10H13F.C2H4O2/c1-3-4-10-27-24(29)16-28-15-19(12-21(28)9-8-20-7-5-6-11-26-20)18-13-22(30-2)25-23(14-18)31-17-32-25;1-3-4-9-5-6-10(11)8(2)7-9;1-2(3)4/h5-7,11,13-14,19,21H,3-4,8-10,12,15-17H2,1-2H3,(H,27,29);5-7H,3-4H2,1-2H3;1H3,(H,3,4). The Morgan fingerprint density at radius 3 is 2.55 bits per heavy atom. The number of aromatic nitrogens is 1. The molecule has 2 aliphatic heterocycles. The minimum absolute atomic E-state index is 0.102. The van der Waals surface area contributed by atoms with E-state index in [1.807, 2.05) is 30.5 Å². The lowest BCUT2D eigenvalue weighted by Gasteiger charge is -2.23. The number of likely N-dealkylation sites (tertiary alicyclic amines) is 1. The van der Waals surface area contributed by atoms with Gasteiger partial charge in [0, 0.05) is 37.9 Å². The van der Waals surface area contributed by atoms with E-state index in [0.29, 0.717) is 30.0 Å². The molecule has 0 spiro atoms. The summed E-state index contributed by atoms with van der Waals surface area (Å²) in [6.45, 7) is 9.35. The van der Waals surface area contributed by atoms with Gasteiger partial charge in [0.05, 0.1) is 13.7 Å². The Hall–Kier alpha value is -4.18. The van der Waals surface area contributed by atoms with Crippen LogP contribution in [0.4, 0.5) is 4.39 Å². The zero-order valence-electron chi connectivity index (χ0n) is 28.4. The van der Waals surface area contributed by atoms with Crippen LogP contribution in [0.5, 0.6) is 17.2 Å². The van der Waals surface area contributed by atoms with E-state index in [4.69, 9.17) is 24.1 Å². The van der Waals surface area contributed by atoms with Gasteiger partial charge in [-0.15, -0.1) is 0 Å². The smallest absolute Gasteiger partial charge is 0.300 e. The third-order valence-electron chi connectivity index (χ3n) is 8.10. The third kappa shape index (κ3) is 12.2. The zero-order chi connectivity index (χ0) is 34.2. The summed E-state index contributed by atoms with van der Waals surface area (Å²) in [7, 11) is 1.65. The van der Waals surface area contributed by atoms with Gasteiger partial charge in [0.25, 0.3) is 5.97 Å². The Labute approximate surface area is 278 Å². The molecular formula is C37H50FN3O6. The van der Waals surface area contributed by atoms with Gasteiger partial charge in [-0.1, -0.05) is 44.9 Å². The third-order valence-corrected chi connectivity index (χ3v) is 8.10. The number of hydrogen-bond acceptors (Lipinski definition) is 7. The number of carboxylic acids is 1. The summed E-state index contributed by atoms with van der Waals surface area (Å²) in [4.78, 5) is 28.4. The first-order valence-electron chi connectivity index (χ1n) is 16.5. The van der Waals surface area contributed by atoms with Crippen LogP contribution in [0.1, 0.15) is 81.2 Å². The highest BCUT2D eigenvalue weighted by atomic mass is 19.1. The number of rotatable bonds is 12. The number of amides is 1. The number of fused-ring (bicyclic) bond motifs is 1. The van der Waals surface area contributed by atoms with Gasteiger partial charge in [-0.2, -0.15) is 0 Å². The van der Waals surface area contributed by atoms with Crippen LogP contribution in [0.15, 0.2) is 54.7 Å². The van der Waals surface area contributed by atoms with E-state index >= 15 is 0 Å². The van der Waals surface area contributed by atoms with Gasteiger partial charge in [0.2, 0.25) is 18.4 Å². The number of carboxylic acid groups (broad SMARTS) is 1. The average Bonchev–Trinajstić information content (AvgIpc) is 3.69. The van der Waals surface area contributed by atoms with Crippen molar-refractivity contribution in [3.05, 3.63) is 82.9 Å². The topological polar surface area (TPSA) is 110 Å². The number of unbranched alkanes of at least 4 members (excludes halogenated alkanes) is 1. The second kappa shape index (κ2) is 19.5. The monoisotopic (exact) mass is 651 g/mol. The number of benzene rings is 2. The molecule has 5 rings (SSSR count). The van der Waals surface area contributed by atoms with Crippen LogP contribution in [0.25, 0.3) is 0 Å². The molecule has 0 saturated carbocycles. The first-order valence-corrected chi connectivity index (χ1v) is 16.5. The molecule has 0 aliphatic carbocycles. The lowest BCUT2D eigenvalue weighted by Crippen LogP contribution is -2.40. The van der Waals surface area contributed by atoms with Crippen molar-refractivity contribution in [2.45, 2.75) is 84.6 Å². The van der Waals surface area contributed by atoms with Crippen LogP contribution in [0.3, 0.4) is 0 Å². The summed E-state index contributed by atoms with van der Waals surface area (Å²) in [5.41, 5.74) is 4.23. The summed E-state index contributed by atoms with van der Waals surface area (Å²) < 4.78 is 29.5. The fourth-order valence-corrected chi connectivity index (χ4v) is 5.76. The Kier molecular flexibility index (Phi) is 15.4. The minimum atomic E-state index is -0.833. The molecule has 1 saturated heterocycles. The number of methoxy groups -OCH3 is 1. The molecule has 2 aromatic carbocycles. The van der Waals surface area contributed by atoms with Gasteiger partial charge in [-0.05, 0) is 92.0 Å². The minimum Gasteiger partial charge on any atom is -0.493 e. The van der Waals surface area contributed by atoms with Crippen molar-refractivity contribution in [2.75, 3.05) is 33.5 Å². The normalized spacial score (nSPS) is 16.4. The second-order valence-electron chi connectivity index (χ2n) is 11.9. The van der Waals surface area contributed by atoms with Crippen LogP contribution >= 0.6 is 0 Å². The Morgan fingerprint density at radius 1 is 1.11 bits per heavy atom. The highest BCUT2D eigenvalue weighted by Crippen LogP contribution is 2.45. The maximum atomic E-state index is 12.7. The number of aryl methyl sites for hydroxylation is 3. The number of pyridine rings is 1. The lowest BCUT2D eigenvalue weighted by molar-refractivity contribution is -0.134. The molecule has 47 heavy (non-hydrogen) atoms. The molecule has 2 N–H and O–H groups in total. The number of nitrogens with one attached hydrogen (secondary N) is 1. The van der Waals surface area contributed by atoms with Crippen molar-refractivity contribution in [3.8, 4) is 17.2 Å². The van der Waals surface area contributed by atoms with E-state index in [2.05, 4.69) is 47.2 Å². The van der Waals surface area contributed by atoms with E-state index in [9.17, 15) is 9.18 Å². The first kappa shape index (κ1) is 37.3. The Morgan fingerprint density at radius 2 is 1.89 bits per heavy atom. The predicted octanol–water partition coefficient (Wildman–Crippen LogP) is 6.70. The van der Waals surface area contributed by atoms with Crippen molar-refractivity contribution < 1.29 is 33.3 Å². The quantitative estimate of drug-likeness (QED) is 0.208. The molecule has 2 atom stereocenters. The molecule has 0 radical (unpaired) electrons. The average molecular weight is 652 g/mol. The van der Waals surface area contributed by atoms with Crippen LogP contribution in [0, 0.1) is 12.7 Å². The van der Waals surface area contributed by atoms with E-state index in [1.54, 1.807) is 20.1 Å². The molecule has 0 bridgehead atoms. The summed E-state index contributed by atoms with van der Waals surface area (Å²) in [6, 6.07) is 15.8. The molecule has 1 fully saturated rings. The number of nitrogens with zero attached hydrogens (tertiary/aromatic N) is 2. The van der Waals surface area contributed by atoms with Crippen LogP contribution in [0.2, 0.25) is 0 Å². The van der Waals surface area contributed by atoms with Crippen LogP contribution in [-0.4, -0.2) is 66.4 Å². The fraction of sp³-hybridized carbons (Fsp3) is 0.486.